The number of alkyl halides is 5. The van der Waals surface area contributed by atoms with E-state index in [1.807, 2.05) is 38.1 Å². The molecule has 5 rings (SSSR count). The van der Waals surface area contributed by atoms with Crippen molar-refractivity contribution in [1.82, 2.24) is 0 Å². The van der Waals surface area contributed by atoms with Crippen molar-refractivity contribution in [3.63, 3.8) is 0 Å². The summed E-state index contributed by atoms with van der Waals surface area (Å²) in [7, 11) is 0. The van der Waals surface area contributed by atoms with Crippen LogP contribution >= 0.6 is 0 Å². The Morgan fingerprint density at radius 3 is 2.04 bits per heavy atom. The van der Waals surface area contributed by atoms with Gasteiger partial charge >= 0.3 is 6.18 Å². The van der Waals surface area contributed by atoms with Crippen LogP contribution in [-0.4, -0.2) is 18.4 Å². The highest BCUT2D eigenvalue weighted by Crippen LogP contribution is 2.46. The summed E-state index contributed by atoms with van der Waals surface area (Å²) >= 11 is 0. The van der Waals surface area contributed by atoms with E-state index in [2.05, 4.69) is 49.7 Å². The van der Waals surface area contributed by atoms with Crippen molar-refractivity contribution in [2.75, 3.05) is 6.54 Å². The molecule has 0 saturated heterocycles. The first-order chi connectivity index (χ1) is 23.0. The molecule has 2 nitrogen and oxygen atoms in total. The van der Waals surface area contributed by atoms with Gasteiger partial charge in [-0.3, -0.25) is 4.99 Å². The largest absolute Gasteiger partial charge is 0.396 e. The molecule has 3 aromatic carbocycles. The topological polar surface area (TPSA) is 36.1 Å². The molecule has 49 heavy (non-hydrogen) atoms. The first-order valence-electron chi connectivity index (χ1n) is 17.3. The summed E-state index contributed by atoms with van der Waals surface area (Å²) in [5.41, 5.74) is 4.99. The van der Waals surface area contributed by atoms with Crippen molar-refractivity contribution in [2.45, 2.75) is 106 Å². The van der Waals surface area contributed by atoms with Crippen molar-refractivity contribution >= 4 is 5.71 Å². The van der Waals surface area contributed by atoms with Gasteiger partial charge in [0.2, 0.25) is 0 Å². The van der Waals surface area contributed by atoms with Crippen LogP contribution in [0.3, 0.4) is 0 Å². The molecule has 0 radical (unpaired) electrons. The molecule has 0 N–H and O–H groups in total. The Morgan fingerprint density at radius 1 is 0.898 bits per heavy atom. The lowest BCUT2D eigenvalue weighted by Gasteiger charge is -2.41. The molecular weight excluding hydrogens is 627 g/mol. The molecule has 1 aliphatic heterocycles. The SMILES string of the molecule is C=C(C)C(C)(Cc1cccc(-c2ccc(C3=NCC(C)(C(F)(F)F)C3)cc2)c1)C1CCCCC1.CC.Cc1ccc(C#N)c(C(C)(F)F)c1. The third kappa shape index (κ3) is 9.68. The fraction of sp³-hybridized carbons (Fsp3) is 0.476. The Hall–Kier alpha value is -3.79. The maximum Gasteiger partial charge on any atom is 0.396 e. The Balaban J connectivity index is 0.000000363. The highest BCUT2D eigenvalue weighted by Gasteiger charge is 2.53. The minimum absolute atomic E-state index is 0.0399. The zero-order chi connectivity index (χ0) is 36.6. The average Bonchev–Trinajstić information content (AvgIpc) is 3.49. The van der Waals surface area contributed by atoms with Crippen LogP contribution in [0.25, 0.3) is 11.1 Å². The van der Waals surface area contributed by atoms with Gasteiger partial charge in [0.25, 0.3) is 5.92 Å². The second kappa shape index (κ2) is 16.3. The zero-order valence-electron chi connectivity index (χ0n) is 30.1. The molecule has 264 valence electrons. The monoisotopic (exact) mass is 678 g/mol. The number of hydrogen-bond donors (Lipinski definition) is 0. The zero-order valence-corrected chi connectivity index (χ0v) is 30.1. The van der Waals surface area contributed by atoms with E-state index in [1.54, 1.807) is 19.1 Å². The van der Waals surface area contributed by atoms with Crippen LogP contribution in [0.5, 0.6) is 0 Å². The van der Waals surface area contributed by atoms with Gasteiger partial charge < -0.3 is 0 Å². The van der Waals surface area contributed by atoms with Crippen LogP contribution in [0.1, 0.15) is 108 Å². The minimum Gasteiger partial charge on any atom is -0.288 e. The van der Waals surface area contributed by atoms with Crippen LogP contribution in [-0.2, 0) is 12.3 Å². The molecule has 2 atom stereocenters. The Morgan fingerprint density at radius 2 is 1.51 bits per heavy atom. The molecule has 0 bridgehead atoms. The number of aryl methyl sites for hydroxylation is 1. The third-order valence-electron chi connectivity index (χ3n) is 10.2. The maximum absolute atomic E-state index is 13.4. The average molecular weight is 679 g/mol. The highest BCUT2D eigenvalue weighted by atomic mass is 19.4. The molecule has 3 aromatic rings. The summed E-state index contributed by atoms with van der Waals surface area (Å²) in [6.45, 7) is 16.5. The quantitative estimate of drug-likeness (QED) is 0.181. The first-order valence-corrected chi connectivity index (χ1v) is 17.3. The van der Waals surface area contributed by atoms with E-state index in [9.17, 15) is 22.0 Å². The van der Waals surface area contributed by atoms with E-state index in [4.69, 9.17) is 5.26 Å². The van der Waals surface area contributed by atoms with Gasteiger partial charge in [-0.1, -0.05) is 112 Å². The van der Waals surface area contributed by atoms with E-state index >= 15 is 0 Å². The number of halogens is 5. The maximum atomic E-state index is 13.4. The number of nitrogens with zero attached hydrogens (tertiary/aromatic N) is 2. The van der Waals surface area contributed by atoms with Crippen LogP contribution in [0.2, 0.25) is 0 Å². The smallest absolute Gasteiger partial charge is 0.288 e. The number of nitriles is 1. The molecule has 1 aliphatic carbocycles. The van der Waals surface area contributed by atoms with E-state index < -0.39 is 17.5 Å². The lowest BCUT2D eigenvalue weighted by atomic mass is 9.64. The second-order valence-electron chi connectivity index (χ2n) is 14.0. The van der Waals surface area contributed by atoms with Gasteiger partial charge in [-0.05, 0) is 85.8 Å². The van der Waals surface area contributed by atoms with Gasteiger partial charge in [0.15, 0.2) is 0 Å². The Labute approximate surface area is 290 Å². The van der Waals surface area contributed by atoms with Gasteiger partial charge in [0.1, 0.15) is 0 Å². The van der Waals surface area contributed by atoms with E-state index in [-0.39, 0.29) is 29.5 Å². The summed E-state index contributed by atoms with van der Waals surface area (Å²) in [6.07, 6.45) is 3.20. The normalized spacial score (nSPS) is 19.3. The predicted octanol–water partition coefficient (Wildman–Crippen LogP) is 12.8. The predicted molar refractivity (Wildman–Crippen MR) is 192 cm³/mol. The molecular formula is C42H51F5N2. The van der Waals surface area contributed by atoms with Gasteiger partial charge in [0, 0.05) is 24.6 Å². The lowest BCUT2D eigenvalue weighted by molar-refractivity contribution is -0.209. The number of hydrogen-bond acceptors (Lipinski definition) is 2. The van der Waals surface area contributed by atoms with E-state index in [1.165, 1.54) is 62.3 Å². The Kier molecular flexibility index (Phi) is 13.2. The molecule has 0 aromatic heterocycles. The Bertz CT molecular complexity index is 1640. The van der Waals surface area contributed by atoms with Crippen molar-refractivity contribution in [1.29, 1.82) is 5.26 Å². The standard InChI is InChI=1S/C30H36F3N.C10H9F2N.C2H6/c1-21(2)29(4,26-11-6-5-7-12-26)18-22-9-8-10-25(17-22)23-13-15-24(16-14-23)27-19-28(3,20-34-27)30(31,32)33;1-7-3-4-8(6-13)9(5-7)10(2,11)12;1-2/h8-10,13-17,26H,1,5-7,11-12,18-20H2,2-4H3;3-5H,1-2H3;1-2H3. The van der Waals surface area contributed by atoms with Crippen molar-refractivity contribution < 1.29 is 22.0 Å². The summed E-state index contributed by atoms with van der Waals surface area (Å²) < 4.78 is 66.0. The number of allylic oxidation sites excluding steroid dienone is 1. The van der Waals surface area contributed by atoms with Gasteiger partial charge in [-0.15, -0.1) is 0 Å². The van der Waals surface area contributed by atoms with Crippen LogP contribution in [0.15, 0.2) is 83.9 Å². The van der Waals surface area contributed by atoms with Crippen molar-refractivity contribution in [3.8, 4) is 17.2 Å². The molecule has 1 fully saturated rings. The first kappa shape index (κ1) is 39.6. The molecule has 7 heteroatoms. The van der Waals surface area contributed by atoms with Crippen LogP contribution in [0.4, 0.5) is 22.0 Å². The van der Waals surface area contributed by atoms with Crippen LogP contribution in [0, 0.1) is 35.0 Å². The van der Waals surface area contributed by atoms with Gasteiger partial charge in [-0.25, -0.2) is 8.78 Å². The summed E-state index contributed by atoms with van der Waals surface area (Å²) in [5.74, 6) is -2.27. The fourth-order valence-corrected chi connectivity index (χ4v) is 6.78. The fourth-order valence-electron chi connectivity index (χ4n) is 6.78. The highest BCUT2D eigenvalue weighted by molar-refractivity contribution is 6.02. The number of rotatable bonds is 7. The molecule has 1 saturated carbocycles. The van der Waals surface area contributed by atoms with Crippen LogP contribution < -0.4 is 0 Å². The summed E-state index contributed by atoms with van der Waals surface area (Å²) in [4.78, 5) is 4.23. The van der Waals surface area contributed by atoms with Gasteiger partial charge in [-0.2, -0.15) is 18.4 Å². The molecule has 2 unspecified atom stereocenters. The van der Waals surface area contributed by atoms with Crippen molar-refractivity contribution in [3.05, 3.63) is 107 Å². The summed E-state index contributed by atoms with van der Waals surface area (Å²) in [6, 6.07) is 22.6. The number of benzene rings is 3. The van der Waals surface area contributed by atoms with Gasteiger partial charge in [0.05, 0.1) is 23.6 Å². The lowest BCUT2D eigenvalue weighted by Crippen LogP contribution is -2.36. The van der Waals surface area contributed by atoms with E-state index in [0.717, 1.165) is 35.6 Å². The minimum atomic E-state index is -4.24. The molecule has 1 heterocycles. The second-order valence-corrected chi connectivity index (χ2v) is 14.0. The molecule has 0 amide bonds. The molecule has 0 spiro atoms. The third-order valence-corrected chi connectivity index (χ3v) is 10.2. The van der Waals surface area contributed by atoms with Crippen molar-refractivity contribution in [2.24, 2.45) is 21.7 Å². The molecule has 2 aliphatic rings. The number of aliphatic imine (C=N–C) groups is 1. The summed E-state index contributed by atoms with van der Waals surface area (Å²) in [5, 5.41) is 8.59. The van der Waals surface area contributed by atoms with E-state index in [0.29, 0.717) is 11.6 Å².